The van der Waals surface area contributed by atoms with Crippen LogP contribution in [-0.2, 0) is 4.79 Å². The molecule has 0 aliphatic rings. The highest BCUT2D eigenvalue weighted by Gasteiger charge is 2.13. The van der Waals surface area contributed by atoms with Crippen LogP contribution in [0.5, 0.6) is 0 Å². The summed E-state index contributed by atoms with van der Waals surface area (Å²) in [4.78, 5) is 11.3. The Morgan fingerprint density at radius 3 is 2.57 bits per heavy atom. The Morgan fingerprint density at radius 1 is 1.50 bits per heavy atom. The maximum Gasteiger partial charge on any atom is 0.220 e. The number of hydrogen-bond donors (Lipinski definition) is 3. The fraction of sp³-hybridized carbons (Fsp3) is 0.900. The van der Waals surface area contributed by atoms with Gasteiger partial charge in [0.05, 0.1) is 6.61 Å². The molecule has 0 fully saturated rings. The highest BCUT2D eigenvalue weighted by molar-refractivity contribution is 5.76. The van der Waals surface area contributed by atoms with Crippen LogP contribution in [0.25, 0.3) is 0 Å². The Bertz CT molecular complexity index is 160. The van der Waals surface area contributed by atoms with Crippen LogP contribution in [-0.4, -0.2) is 30.7 Å². The average molecular weight is 202 g/mol. The third-order valence-corrected chi connectivity index (χ3v) is 2.05. The molecule has 1 amide bonds. The van der Waals surface area contributed by atoms with Crippen LogP contribution in [0, 0.1) is 11.8 Å². The lowest BCUT2D eigenvalue weighted by atomic mass is 9.94. The van der Waals surface area contributed by atoms with E-state index < -0.39 is 0 Å². The largest absolute Gasteiger partial charge is 0.395 e. The van der Waals surface area contributed by atoms with Gasteiger partial charge in [0.15, 0.2) is 0 Å². The molecule has 4 N–H and O–H groups in total. The number of carbonyl (C=O) groups is 1. The molecule has 0 aromatic carbocycles. The number of aliphatic hydroxyl groups is 1. The van der Waals surface area contributed by atoms with E-state index in [-0.39, 0.29) is 18.4 Å². The molecule has 0 aromatic heterocycles. The first-order valence-corrected chi connectivity index (χ1v) is 5.17. The fourth-order valence-electron chi connectivity index (χ4n) is 1.46. The van der Waals surface area contributed by atoms with Gasteiger partial charge in [0.1, 0.15) is 0 Å². The van der Waals surface area contributed by atoms with Gasteiger partial charge < -0.3 is 16.2 Å². The Morgan fingerprint density at radius 2 is 2.14 bits per heavy atom. The molecule has 4 heteroatoms. The number of nitrogens with one attached hydrogen (secondary N) is 1. The molecule has 0 aromatic rings. The predicted molar refractivity (Wildman–Crippen MR) is 56.7 cm³/mol. The summed E-state index contributed by atoms with van der Waals surface area (Å²) in [5.74, 6) is 0.804. The van der Waals surface area contributed by atoms with Crippen LogP contribution < -0.4 is 11.1 Å². The minimum absolute atomic E-state index is 0.0107. The van der Waals surface area contributed by atoms with Crippen molar-refractivity contribution in [1.29, 1.82) is 0 Å². The lowest BCUT2D eigenvalue weighted by Crippen LogP contribution is -2.30. The van der Waals surface area contributed by atoms with Gasteiger partial charge >= 0.3 is 0 Å². The van der Waals surface area contributed by atoms with Crippen molar-refractivity contribution in [2.75, 3.05) is 19.7 Å². The van der Waals surface area contributed by atoms with E-state index in [2.05, 4.69) is 19.2 Å². The third-order valence-electron chi connectivity index (χ3n) is 2.05. The van der Waals surface area contributed by atoms with Gasteiger partial charge in [0.2, 0.25) is 5.91 Å². The van der Waals surface area contributed by atoms with Gasteiger partial charge in [-0.25, -0.2) is 0 Å². The number of amides is 1. The summed E-state index contributed by atoms with van der Waals surface area (Å²) in [6.45, 7) is 5.11. The Balaban J connectivity index is 3.74. The monoisotopic (exact) mass is 202 g/mol. The van der Waals surface area contributed by atoms with Crippen molar-refractivity contribution in [3.05, 3.63) is 0 Å². The van der Waals surface area contributed by atoms with Crippen LogP contribution in [0.4, 0.5) is 0 Å². The van der Waals surface area contributed by atoms with Crippen molar-refractivity contribution >= 4 is 5.91 Å². The fourth-order valence-corrected chi connectivity index (χ4v) is 1.46. The second-order valence-electron chi connectivity index (χ2n) is 4.01. The van der Waals surface area contributed by atoms with E-state index in [1.54, 1.807) is 0 Å². The molecule has 0 aliphatic heterocycles. The molecule has 0 aliphatic carbocycles. The Hall–Kier alpha value is -0.610. The van der Waals surface area contributed by atoms with Crippen molar-refractivity contribution < 1.29 is 9.90 Å². The highest BCUT2D eigenvalue weighted by Crippen LogP contribution is 2.13. The first kappa shape index (κ1) is 13.4. The molecule has 0 rings (SSSR count). The molecule has 1 unspecified atom stereocenters. The lowest BCUT2D eigenvalue weighted by Gasteiger charge is -2.16. The van der Waals surface area contributed by atoms with Gasteiger partial charge in [-0.15, -0.1) is 0 Å². The van der Waals surface area contributed by atoms with E-state index in [1.807, 2.05) is 0 Å². The second kappa shape index (κ2) is 7.76. The first-order valence-electron chi connectivity index (χ1n) is 5.17. The standard InChI is InChI=1S/C10H22N2O2/c1-8(2)5-9(7-11)6-10(14)12-3-4-13/h8-9,13H,3-7,11H2,1-2H3,(H,12,14). The van der Waals surface area contributed by atoms with Crippen LogP contribution in [0.2, 0.25) is 0 Å². The van der Waals surface area contributed by atoms with Gasteiger partial charge in [-0.2, -0.15) is 0 Å². The number of carbonyl (C=O) groups excluding carboxylic acids is 1. The summed E-state index contributed by atoms with van der Waals surface area (Å²) in [5.41, 5.74) is 5.57. The van der Waals surface area contributed by atoms with Crippen LogP contribution in [0.1, 0.15) is 26.7 Å². The summed E-state index contributed by atoms with van der Waals surface area (Å²) < 4.78 is 0. The smallest absolute Gasteiger partial charge is 0.220 e. The van der Waals surface area contributed by atoms with E-state index in [4.69, 9.17) is 10.8 Å². The lowest BCUT2D eigenvalue weighted by molar-refractivity contribution is -0.122. The number of rotatable bonds is 7. The Labute approximate surface area is 85.9 Å². The van der Waals surface area contributed by atoms with Gasteiger partial charge in [0, 0.05) is 13.0 Å². The third kappa shape index (κ3) is 6.86. The zero-order chi connectivity index (χ0) is 11.0. The molecule has 0 spiro atoms. The number of nitrogens with two attached hydrogens (primary N) is 1. The molecule has 1 atom stereocenters. The van der Waals surface area contributed by atoms with Crippen LogP contribution in [0.15, 0.2) is 0 Å². The minimum Gasteiger partial charge on any atom is -0.395 e. The summed E-state index contributed by atoms with van der Waals surface area (Å²) in [6.07, 6.45) is 1.44. The van der Waals surface area contributed by atoms with E-state index in [9.17, 15) is 4.79 Å². The molecule has 0 heterocycles. The first-order chi connectivity index (χ1) is 6.60. The quantitative estimate of drug-likeness (QED) is 0.548. The normalized spacial score (nSPS) is 12.9. The summed E-state index contributed by atoms with van der Waals surface area (Å²) in [5, 5.41) is 11.1. The van der Waals surface area contributed by atoms with Crippen LogP contribution >= 0.6 is 0 Å². The Kier molecular flexibility index (Phi) is 7.42. The van der Waals surface area contributed by atoms with E-state index in [1.165, 1.54) is 0 Å². The molecule has 0 bridgehead atoms. The maximum atomic E-state index is 11.3. The van der Waals surface area contributed by atoms with Crippen LogP contribution in [0.3, 0.4) is 0 Å². The van der Waals surface area contributed by atoms with E-state index >= 15 is 0 Å². The molecular formula is C10H22N2O2. The van der Waals surface area contributed by atoms with Crippen molar-refractivity contribution in [2.24, 2.45) is 17.6 Å². The van der Waals surface area contributed by atoms with Crippen molar-refractivity contribution in [1.82, 2.24) is 5.32 Å². The van der Waals surface area contributed by atoms with Gasteiger partial charge in [-0.1, -0.05) is 13.8 Å². The molecule has 0 saturated heterocycles. The topological polar surface area (TPSA) is 75.4 Å². The second-order valence-corrected chi connectivity index (χ2v) is 4.01. The molecule has 4 nitrogen and oxygen atoms in total. The maximum absolute atomic E-state index is 11.3. The van der Waals surface area contributed by atoms with Crippen molar-refractivity contribution in [3.63, 3.8) is 0 Å². The van der Waals surface area contributed by atoms with Gasteiger partial charge in [0.25, 0.3) is 0 Å². The molecule has 0 saturated carbocycles. The molecule has 84 valence electrons. The summed E-state index contributed by atoms with van der Waals surface area (Å²) >= 11 is 0. The molecule has 0 radical (unpaired) electrons. The number of aliphatic hydroxyl groups excluding tert-OH is 1. The predicted octanol–water partition coefficient (Wildman–Crippen LogP) is 0.106. The number of hydrogen-bond acceptors (Lipinski definition) is 3. The van der Waals surface area contributed by atoms with Crippen molar-refractivity contribution in [2.45, 2.75) is 26.7 Å². The molecule has 14 heavy (non-hydrogen) atoms. The van der Waals surface area contributed by atoms with Gasteiger partial charge in [-0.3, -0.25) is 4.79 Å². The SMILES string of the molecule is CC(C)CC(CN)CC(=O)NCCO. The average Bonchev–Trinajstić information content (AvgIpc) is 2.12. The molecular weight excluding hydrogens is 180 g/mol. The summed E-state index contributed by atoms with van der Waals surface area (Å²) in [7, 11) is 0. The highest BCUT2D eigenvalue weighted by atomic mass is 16.3. The van der Waals surface area contributed by atoms with Gasteiger partial charge in [-0.05, 0) is 24.8 Å². The minimum atomic E-state index is -0.0184. The van der Waals surface area contributed by atoms with E-state index in [0.29, 0.717) is 25.4 Å². The zero-order valence-electron chi connectivity index (χ0n) is 9.12. The summed E-state index contributed by atoms with van der Waals surface area (Å²) in [6, 6.07) is 0. The van der Waals surface area contributed by atoms with E-state index in [0.717, 1.165) is 6.42 Å². The zero-order valence-corrected chi connectivity index (χ0v) is 9.12. The van der Waals surface area contributed by atoms with Crippen molar-refractivity contribution in [3.8, 4) is 0 Å².